The number of rotatable bonds is 4. The zero-order valence-corrected chi connectivity index (χ0v) is 13.5. The predicted molar refractivity (Wildman–Crippen MR) is 85.7 cm³/mol. The molecule has 0 bridgehead atoms. The van der Waals surface area contributed by atoms with Gasteiger partial charge in [-0.15, -0.1) is 11.3 Å². The maximum absolute atomic E-state index is 11.8. The van der Waals surface area contributed by atoms with E-state index in [1.165, 1.54) is 10.4 Å². The Hall–Kier alpha value is -1.69. The molecular formula is C15H20N4OS. The van der Waals surface area contributed by atoms with Crippen LogP contribution in [-0.2, 0) is 11.3 Å². The van der Waals surface area contributed by atoms with Gasteiger partial charge in [-0.3, -0.25) is 4.79 Å². The lowest BCUT2D eigenvalue weighted by Crippen LogP contribution is -2.25. The molecule has 5 nitrogen and oxygen atoms in total. The van der Waals surface area contributed by atoms with E-state index >= 15 is 0 Å². The fourth-order valence-corrected chi connectivity index (χ4v) is 3.75. The average Bonchev–Trinajstić information content (AvgIpc) is 2.95. The highest BCUT2D eigenvalue weighted by Gasteiger charge is 2.22. The Labute approximate surface area is 128 Å². The van der Waals surface area contributed by atoms with Gasteiger partial charge in [-0.2, -0.15) is 0 Å². The number of anilines is 1. The minimum atomic E-state index is 0.210. The van der Waals surface area contributed by atoms with Gasteiger partial charge in [0.15, 0.2) is 5.82 Å². The number of hydrogen-bond donors (Lipinski definition) is 1. The normalized spacial score (nSPS) is 15.2. The molecule has 2 aromatic heterocycles. The van der Waals surface area contributed by atoms with E-state index in [1.807, 2.05) is 4.90 Å². The number of carbonyl (C=O) groups excluding carboxylic acids is 1. The van der Waals surface area contributed by atoms with Crippen LogP contribution in [0.1, 0.15) is 36.0 Å². The van der Waals surface area contributed by atoms with Crippen LogP contribution in [0.15, 0.2) is 0 Å². The molecule has 0 unspecified atom stereocenters. The lowest BCUT2D eigenvalue weighted by atomic mass is 10.2. The van der Waals surface area contributed by atoms with Gasteiger partial charge >= 0.3 is 0 Å². The summed E-state index contributed by atoms with van der Waals surface area (Å²) < 4.78 is 0. The van der Waals surface area contributed by atoms with Gasteiger partial charge in [-0.1, -0.05) is 0 Å². The molecule has 0 aliphatic carbocycles. The molecule has 3 rings (SSSR count). The number of nitrogens with zero attached hydrogens (tertiary/aromatic N) is 3. The number of carbonyl (C=O) groups is 1. The van der Waals surface area contributed by atoms with E-state index in [-0.39, 0.29) is 5.91 Å². The summed E-state index contributed by atoms with van der Waals surface area (Å²) in [5.74, 6) is 1.84. The third kappa shape index (κ3) is 2.60. The van der Waals surface area contributed by atoms with E-state index < -0.39 is 0 Å². The zero-order valence-electron chi connectivity index (χ0n) is 12.7. The number of nitrogens with one attached hydrogen (secondary N) is 1. The molecule has 1 fully saturated rings. The van der Waals surface area contributed by atoms with E-state index in [0.29, 0.717) is 13.0 Å². The number of thiophene rings is 1. The lowest BCUT2D eigenvalue weighted by molar-refractivity contribution is -0.128. The standard InChI is InChI=1S/C15H20N4OS/c1-4-16-14-13-9(2)10(3)21-15(13)18-11(17-14)8-19-7-5-6-12(19)20/h4-8H2,1-3H3,(H,16,17,18). The first-order chi connectivity index (χ1) is 10.1. The second-order valence-corrected chi connectivity index (χ2v) is 6.60. The average molecular weight is 304 g/mol. The fourth-order valence-electron chi connectivity index (χ4n) is 2.70. The lowest BCUT2D eigenvalue weighted by Gasteiger charge is -2.15. The van der Waals surface area contributed by atoms with Crippen molar-refractivity contribution >= 4 is 33.3 Å². The molecule has 6 heteroatoms. The van der Waals surface area contributed by atoms with E-state index in [2.05, 4.69) is 36.1 Å². The Balaban J connectivity index is 2.01. The number of hydrogen-bond acceptors (Lipinski definition) is 5. The van der Waals surface area contributed by atoms with Crippen LogP contribution in [0.3, 0.4) is 0 Å². The molecular weight excluding hydrogens is 284 g/mol. The van der Waals surface area contributed by atoms with Gasteiger partial charge in [0.2, 0.25) is 5.91 Å². The van der Waals surface area contributed by atoms with Gasteiger partial charge in [-0.25, -0.2) is 9.97 Å². The number of aromatic nitrogens is 2. The molecule has 0 radical (unpaired) electrons. The second-order valence-electron chi connectivity index (χ2n) is 5.40. The SMILES string of the molecule is CCNc1nc(CN2CCCC2=O)nc2sc(C)c(C)c12. The van der Waals surface area contributed by atoms with Gasteiger partial charge in [-0.05, 0) is 32.8 Å². The minimum Gasteiger partial charge on any atom is -0.370 e. The van der Waals surface area contributed by atoms with Crippen LogP contribution >= 0.6 is 11.3 Å². The topological polar surface area (TPSA) is 58.1 Å². The van der Waals surface area contributed by atoms with Crippen LogP contribution in [-0.4, -0.2) is 33.9 Å². The van der Waals surface area contributed by atoms with Crippen LogP contribution in [0.5, 0.6) is 0 Å². The molecule has 0 saturated carbocycles. The van der Waals surface area contributed by atoms with E-state index in [0.717, 1.165) is 41.4 Å². The molecule has 1 N–H and O–H groups in total. The van der Waals surface area contributed by atoms with Crippen molar-refractivity contribution in [2.24, 2.45) is 0 Å². The van der Waals surface area contributed by atoms with Gasteiger partial charge in [0.1, 0.15) is 10.6 Å². The maximum atomic E-state index is 11.8. The molecule has 21 heavy (non-hydrogen) atoms. The zero-order chi connectivity index (χ0) is 15.0. The molecule has 0 aromatic carbocycles. The molecule has 0 atom stereocenters. The van der Waals surface area contributed by atoms with Crippen molar-refractivity contribution in [1.82, 2.24) is 14.9 Å². The third-order valence-electron chi connectivity index (χ3n) is 3.92. The summed E-state index contributed by atoms with van der Waals surface area (Å²) in [7, 11) is 0. The quantitative estimate of drug-likeness (QED) is 0.943. The van der Waals surface area contributed by atoms with Crippen molar-refractivity contribution in [3.8, 4) is 0 Å². The molecule has 112 valence electrons. The highest BCUT2D eigenvalue weighted by Crippen LogP contribution is 2.33. The Morgan fingerprint density at radius 2 is 2.14 bits per heavy atom. The van der Waals surface area contributed by atoms with Crippen molar-refractivity contribution in [1.29, 1.82) is 0 Å². The highest BCUT2D eigenvalue weighted by atomic mass is 32.1. The summed E-state index contributed by atoms with van der Waals surface area (Å²) in [6, 6.07) is 0. The smallest absolute Gasteiger partial charge is 0.223 e. The summed E-state index contributed by atoms with van der Waals surface area (Å²) in [5, 5.41) is 4.45. The van der Waals surface area contributed by atoms with E-state index in [1.54, 1.807) is 11.3 Å². The first-order valence-corrected chi connectivity index (χ1v) is 8.20. The van der Waals surface area contributed by atoms with Crippen LogP contribution in [0.25, 0.3) is 10.2 Å². The molecule has 1 aliphatic heterocycles. The molecule has 1 aliphatic rings. The first-order valence-electron chi connectivity index (χ1n) is 7.38. The molecule has 0 spiro atoms. The number of likely N-dealkylation sites (tertiary alicyclic amines) is 1. The molecule has 3 heterocycles. The van der Waals surface area contributed by atoms with Crippen LogP contribution < -0.4 is 5.32 Å². The Kier molecular flexibility index (Phi) is 3.80. The second kappa shape index (κ2) is 5.60. The summed E-state index contributed by atoms with van der Waals surface area (Å²) in [6.45, 7) is 8.44. The number of amides is 1. The van der Waals surface area contributed by atoms with E-state index in [4.69, 9.17) is 0 Å². The molecule has 1 amide bonds. The third-order valence-corrected chi connectivity index (χ3v) is 5.02. The Morgan fingerprint density at radius 3 is 2.81 bits per heavy atom. The summed E-state index contributed by atoms with van der Waals surface area (Å²) in [4.78, 5) is 25.2. The maximum Gasteiger partial charge on any atom is 0.223 e. The molecule has 1 saturated heterocycles. The van der Waals surface area contributed by atoms with Crippen molar-refractivity contribution < 1.29 is 4.79 Å². The number of aryl methyl sites for hydroxylation is 2. The predicted octanol–water partition coefficient (Wildman–Crippen LogP) is 2.86. The fraction of sp³-hybridized carbons (Fsp3) is 0.533. The van der Waals surface area contributed by atoms with Crippen LogP contribution in [0.2, 0.25) is 0 Å². The van der Waals surface area contributed by atoms with Gasteiger partial charge < -0.3 is 10.2 Å². The highest BCUT2D eigenvalue weighted by molar-refractivity contribution is 7.18. The van der Waals surface area contributed by atoms with Crippen molar-refractivity contribution in [3.63, 3.8) is 0 Å². The van der Waals surface area contributed by atoms with Gasteiger partial charge in [0.05, 0.1) is 11.9 Å². The van der Waals surface area contributed by atoms with Gasteiger partial charge in [0, 0.05) is 24.4 Å². The van der Waals surface area contributed by atoms with Crippen molar-refractivity contribution in [2.45, 2.75) is 40.2 Å². The minimum absolute atomic E-state index is 0.210. The summed E-state index contributed by atoms with van der Waals surface area (Å²) in [6.07, 6.45) is 1.60. The van der Waals surface area contributed by atoms with E-state index in [9.17, 15) is 4.79 Å². The Morgan fingerprint density at radius 1 is 1.33 bits per heavy atom. The van der Waals surface area contributed by atoms with Crippen LogP contribution in [0, 0.1) is 13.8 Å². The summed E-state index contributed by atoms with van der Waals surface area (Å²) >= 11 is 1.70. The van der Waals surface area contributed by atoms with Crippen LogP contribution in [0.4, 0.5) is 5.82 Å². The van der Waals surface area contributed by atoms with Crippen molar-refractivity contribution in [3.05, 3.63) is 16.3 Å². The largest absolute Gasteiger partial charge is 0.370 e. The summed E-state index contributed by atoms with van der Waals surface area (Å²) in [5.41, 5.74) is 1.25. The monoisotopic (exact) mass is 304 g/mol. The van der Waals surface area contributed by atoms with Crippen molar-refractivity contribution in [2.75, 3.05) is 18.4 Å². The first kappa shape index (κ1) is 14.3. The van der Waals surface area contributed by atoms with Gasteiger partial charge in [0.25, 0.3) is 0 Å². The Bertz CT molecular complexity index is 695. The molecule has 2 aromatic rings. The number of fused-ring (bicyclic) bond motifs is 1.